The second-order valence-corrected chi connectivity index (χ2v) is 7.60. The SMILES string of the molecule is O=C(CC1CCCC1)N1CCCC1CCc1noc(C2CC2)n1. The third kappa shape index (κ3) is 3.59. The van der Waals surface area contributed by atoms with Crippen molar-refractivity contribution in [1.29, 1.82) is 0 Å². The van der Waals surface area contributed by atoms with Crippen LogP contribution >= 0.6 is 0 Å². The number of rotatable bonds is 6. The second kappa shape index (κ2) is 6.62. The van der Waals surface area contributed by atoms with Gasteiger partial charge in [-0.2, -0.15) is 4.98 Å². The highest BCUT2D eigenvalue weighted by atomic mass is 16.5. The van der Waals surface area contributed by atoms with Gasteiger partial charge in [0, 0.05) is 31.3 Å². The molecule has 3 fully saturated rings. The minimum atomic E-state index is 0.381. The number of carbonyl (C=O) groups excluding carboxylic acids is 1. The molecule has 5 nitrogen and oxygen atoms in total. The van der Waals surface area contributed by atoms with Crippen LogP contribution in [0.25, 0.3) is 0 Å². The molecule has 0 radical (unpaired) electrons. The molecule has 0 N–H and O–H groups in total. The van der Waals surface area contributed by atoms with E-state index in [9.17, 15) is 4.79 Å². The first-order chi connectivity index (χ1) is 11.3. The third-order valence-corrected chi connectivity index (χ3v) is 5.75. The number of hydrogen-bond donors (Lipinski definition) is 0. The van der Waals surface area contributed by atoms with E-state index in [0.717, 1.165) is 50.4 Å². The minimum Gasteiger partial charge on any atom is -0.340 e. The summed E-state index contributed by atoms with van der Waals surface area (Å²) in [6, 6.07) is 0.381. The molecule has 0 spiro atoms. The summed E-state index contributed by atoms with van der Waals surface area (Å²) in [6.45, 7) is 0.940. The van der Waals surface area contributed by atoms with Gasteiger partial charge < -0.3 is 9.42 Å². The van der Waals surface area contributed by atoms with E-state index in [1.807, 2.05) is 0 Å². The Morgan fingerprint density at radius 2 is 1.96 bits per heavy atom. The fourth-order valence-electron chi connectivity index (χ4n) is 4.20. The van der Waals surface area contributed by atoms with Crippen LogP contribution in [0, 0.1) is 5.92 Å². The largest absolute Gasteiger partial charge is 0.340 e. The molecule has 2 heterocycles. The van der Waals surface area contributed by atoms with Crippen molar-refractivity contribution in [2.75, 3.05) is 6.54 Å². The van der Waals surface area contributed by atoms with Crippen molar-refractivity contribution in [2.45, 2.75) is 82.6 Å². The van der Waals surface area contributed by atoms with Gasteiger partial charge in [0.15, 0.2) is 5.82 Å². The average Bonchev–Trinajstić information content (AvgIpc) is 2.99. The normalized spacial score (nSPS) is 25.4. The second-order valence-electron chi connectivity index (χ2n) is 7.60. The van der Waals surface area contributed by atoms with Gasteiger partial charge in [0.2, 0.25) is 11.8 Å². The summed E-state index contributed by atoms with van der Waals surface area (Å²) >= 11 is 0. The first-order valence-corrected chi connectivity index (χ1v) is 9.41. The van der Waals surface area contributed by atoms with Gasteiger partial charge in [0.1, 0.15) is 0 Å². The first-order valence-electron chi connectivity index (χ1n) is 9.41. The Bertz CT molecular complexity index is 546. The summed E-state index contributed by atoms with van der Waals surface area (Å²) in [5.41, 5.74) is 0. The van der Waals surface area contributed by atoms with Crippen molar-refractivity contribution >= 4 is 5.91 Å². The summed E-state index contributed by atoms with van der Waals surface area (Å²) < 4.78 is 5.33. The van der Waals surface area contributed by atoms with E-state index in [2.05, 4.69) is 15.0 Å². The van der Waals surface area contributed by atoms with Crippen LogP contribution in [0.2, 0.25) is 0 Å². The van der Waals surface area contributed by atoms with E-state index in [1.165, 1.54) is 38.5 Å². The van der Waals surface area contributed by atoms with Crippen LogP contribution in [0.1, 0.15) is 81.8 Å². The molecular formula is C18H27N3O2. The maximum atomic E-state index is 12.6. The number of aromatic nitrogens is 2. The van der Waals surface area contributed by atoms with Crippen LogP contribution in [0.3, 0.4) is 0 Å². The summed E-state index contributed by atoms with van der Waals surface area (Å²) in [4.78, 5) is 19.2. The molecule has 0 bridgehead atoms. The average molecular weight is 317 g/mol. The molecule has 1 amide bonds. The Kier molecular flexibility index (Phi) is 4.36. The molecule has 23 heavy (non-hydrogen) atoms. The maximum Gasteiger partial charge on any atom is 0.229 e. The topological polar surface area (TPSA) is 59.2 Å². The number of carbonyl (C=O) groups is 1. The highest BCUT2D eigenvalue weighted by Gasteiger charge is 2.32. The number of amides is 1. The maximum absolute atomic E-state index is 12.6. The standard InChI is InChI=1S/C18H27N3O2/c22-17(12-13-4-1-2-5-13)21-11-3-6-15(21)9-10-16-19-18(23-20-16)14-7-8-14/h13-15H,1-12H2. The summed E-state index contributed by atoms with van der Waals surface area (Å²) in [5, 5.41) is 4.10. The molecule has 3 aliphatic rings. The van der Waals surface area contributed by atoms with Gasteiger partial charge in [-0.05, 0) is 50.9 Å². The fraction of sp³-hybridized carbons (Fsp3) is 0.833. The van der Waals surface area contributed by atoms with Crippen LogP contribution in [0.5, 0.6) is 0 Å². The molecule has 1 unspecified atom stereocenters. The van der Waals surface area contributed by atoms with Gasteiger partial charge in [-0.25, -0.2) is 0 Å². The van der Waals surface area contributed by atoms with Crippen LogP contribution < -0.4 is 0 Å². The minimum absolute atomic E-state index is 0.381. The molecule has 2 saturated carbocycles. The smallest absolute Gasteiger partial charge is 0.229 e. The van der Waals surface area contributed by atoms with E-state index in [4.69, 9.17) is 4.52 Å². The lowest BCUT2D eigenvalue weighted by atomic mass is 10.0. The molecule has 126 valence electrons. The lowest BCUT2D eigenvalue weighted by Gasteiger charge is -2.25. The van der Waals surface area contributed by atoms with E-state index < -0.39 is 0 Å². The van der Waals surface area contributed by atoms with Crippen LogP contribution in [0.4, 0.5) is 0 Å². The van der Waals surface area contributed by atoms with Crippen molar-refractivity contribution in [2.24, 2.45) is 5.92 Å². The Labute approximate surface area is 137 Å². The predicted molar refractivity (Wildman–Crippen MR) is 85.9 cm³/mol. The quantitative estimate of drug-likeness (QED) is 0.806. The van der Waals surface area contributed by atoms with Crippen molar-refractivity contribution in [3.8, 4) is 0 Å². The van der Waals surface area contributed by atoms with E-state index in [1.54, 1.807) is 0 Å². The summed E-state index contributed by atoms with van der Waals surface area (Å²) in [5.74, 6) is 3.18. The van der Waals surface area contributed by atoms with Crippen LogP contribution in [0.15, 0.2) is 4.52 Å². The van der Waals surface area contributed by atoms with E-state index in [-0.39, 0.29) is 0 Å². The van der Waals surface area contributed by atoms with Crippen molar-refractivity contribution < 1.29 is 9.32 Å². The highest BCUT2D eigenvalue weighted by Crippen LogP contribution is 2.39. The third-order valence-electron chi connectivity index (χ3n) is 5.75. The van der Waals surface area contributed by atoms with Crippen molar-refractivity contribution in [1.82, 2.24) is 15.0 Å². The van der Waals surface area contributed by atoms with Crippen molar-refractivity contribution in [3.63, 3.8) is 0 Å². The van der Waals surface area contributed by atoms with Gasteiger partial charge in [-0.1, -0.05) is 18.0 Å². The summed E-state index contributed by atoms with van der Waals surface area (Å²) in [6.07, 6.45) is 12.3. The Balaban J connectivity index is 1.29. The first kappa shape index (κ1) is 15.2. The van der Waals surface area contributed by atoms with Gasteiger partial charge in [0.25, 0.3) is 0 Å². The highest BCUT2D eigenvalue weighted by molar-refractivity contribution is 5.77. The number of likely N-dealkylation sites (tertiary alicyclic amines) is 1. The molecule has 1 aromatic rings. The van der Waals surface area contributed by atoms with Gasteiger partial charge in [-0.3, -0.25) is 4.79 Å². The molecule has 2 aliphatic carbocycles. The molecule has 4 rings (SSSR count). The monoisotopic (exact) mass is 317 g/mol. The number of nitrogens with zero attached hydrogens (tertiary/aromatic N) is 3. The zero-order valence-electron chi connectivity index (χ0n) is 13.9. The summed E-state index contributed by atoms with van der Waals surface area (Å²) in [7, 11) is 0. The van der Waals surface area contributed by atoms with Gasteiger partial charge in [0.05, 0.1) is 0 Å². The predicted octanol–water partition coefficient (Wildman–Crippen LogP) is 3.45. The molecule has 1 aromatic heterocycles. The number of aryl methyl sites for hydroxylation is 1. The van der Waals surface area contributed by atoms with Gasteiger partial charge >= 0.3 is 0 Å². The van der Waals surface area contributed by atoms with E-state index >= 15 is 0 Å². The number of hydrogen-bond acceptors (Lipinski definition) is 4. The molecule has 1 atom stereocenters. The lowest BCUT2D eigenvalue weighted by molar-refractivity contribution is -0.133. The molecular weight excluding hydrogens is 290 g/mol. The molecule has 1 saturated heterocycles. The molecule has 5 heteroatoms. The fourth-order valence-corrected chi connectivity index (χ4v) is 4.20. The lowest BCUT2D eigenvalue weighted by Crippen LogP contribution is -2.36. The van der Waals surface area contributed by atoms with Gasteiger partial charge in [-0.15, -0.1) is 0 Å². The molecule has 0 aromatic carbocycles. The Morgan fingerprint density at radius 3 is 2.74 bits per heavy atom. The van der Waals surface area contributed by atoms with E-state index in [0.29, 0.717) is 23.8 Å². The van der Waals surface area contributed by atoms with Crippen LogP contribution in [-0.4, -0.2) is 33.5 Å². The zero-order chi connectivity index (χ0) is 15.6. The van der Waals surface area contributed by atoms with Crippen LogP contribution in [-0.2, 0) is 11.2 Å². The zero-order valence-corrected chi connectivity index (χ0v) is 13.9. The Hall–Kier alpha value is -1.39. The van der Waals surface area contributed by atoms with Crippen molar-refractivity contribution in [3.05, 3.63) is 11.7 Å². The molecule has 1 aliphatic heterocycles. The Morgan fingerprint density at radius 1 is 1.13 bits per heavy atom.